The van der Waals surface area contributed by atoms with Crippen molar-refractivity contribution in [2.75, 3.05) is 26.8 Å². The van der Waals surface area contributed by atoms with E-state index < -0.39 is 30.6 Å². The fourth-order valence-corrected chi connectivity index (χ4v) is 4.32. The highest BCUT2D eigenvalue weighted by Crippen LogP contribution is 2.37. The van der Waals surface area contributed by atoms with E-state index in [-0.39, 0.29) is 17.7 Å². The summed E-state index contributed by atoms with van der Waals surface area (Å²) in [6.07, 6.45) is 2.92. The number of aromatic nitrogens is 2. The lowest BCUT2D eigenvalue weighted by molar-refractivity contribution is -0.0556. The summed E-state index contributed by atoms with van der Waals surface area (Å²) in [6, 6.07) is 6.51. The van der Waals surface area contributed by atoms with E-state index >= 15 is 0 Å². The lowest BCUT2D eigenvalue weighted by Crippen LogP contribution is -2.34. The number of aliphatic hydroxyl groups excluding tert-OH is 1. The van der Waals surface area contributed by atoms with Crippen molar-refractivity contribution in [1.29, 1.82) is 0 Å². The molecule has 4 rings (SSSR count). The maximum atomic E-state index is 14.0. The summed E-state index contributed by atoms with van der Waals surface area (Å²) in [5, 5.41) is 28.7. The minimum atomic E-state index is -3.40. The number of H-pyrrole nitrogens is 1. The second-order valence-corrected chi connectivity index (χ2v) is 8.57. The first-order valence-corrected chi connectivity index (χ1v) is 11.3. The molecule has 1 aliphatic heterocycles. The summed E-state index contributed by atoms with van der Waals surface area (Å²) in [6.45, 7) is 0.850. The molecule has 190 valence electrons. The zero-order chi connectivity index (χ0) is 26.0. The maximum Gasteiger partial charge on any atom is 0.407 e. The number of fused-ring (bicyclic) bond motifs is 1. The first-order valence-electron chi connectivity index (χ1n) is 11.3. The van der Waals surface area contributed by atoms with E-state index in [4.69, 9.17) is 9.84 Å². The van der Waals surface area contributed by atoms with Gasteiger partial charge in [0, 0.05) is 24.2 Å². The van der Waals surface area contributed by atoms with E-state index in [0.29, 0.717) is 46.3 Å². The first kappa shape index (κ1) is 25.1. The van der Waals surface area contributed by atoms with Crippen LogP contribution in [0.5, 0.6) is 5.75 Å². The van der Waals surface area contributed by atoms with Crippen molar-refractivity contribution in [3.63, 3.8) is 0 Å². The van der Waals surface area contributed by atoms with Crippen LogP contribution in [0.4, 0.5) is 13.6 Å². The van der Waals surface area contributed by atoms with Crippen LogP contribution in [0.2, 0.25) is 0 Å². The van der Waals surface area contributed by atoms with Crippen LogP contribution in [-0.4, -0.2) is 64.1 Å². The topological polar surface area (TPSA) is 128 Å². The Morgan fingerprint density at radius 3 is 2.81 bits per heavy atom. The van der Waals surface area contributed by atoms with Gasteiger partial charge in [-0.2, -0.15) is 13.9 Å². The molecule has 2 amide bonds. The number of benzene rings is 2. The third kappa shape index (κ3) is 4.74. The van der Waals surface area contributed by atoms with Gasteiger partial charge in [0.15, 0.2) is 0 Å². The first-order chi connectivity index (χ1) is 17.2. The Morgan fingerprint density at radius 2 is 2.11 bits per heavy atom. The standard InChI is InChI=1S/C25H26F2N4O5/c1-14(15-5-3-7-17(9-15)25(26,27)13-32)29-23(33)19-10-18(16-6-4-8-31(12-16)24(34)35)22(36-2)20-11-28-30-21(19)20/h3,5-7,9-11,14,32H,4,8,12-13H2,1-2H3,(H,28,30)(H,29,33)(H,34,35)/t14-/m1/s1. The Balaban J connectivity index is 1.69. The van der Waals surface area contributed by atoms with Crippen molar-refractivity contribution in [3.8, 4) is 5.75 Å². The summed E-state index contributed by atoms with van der Waals surface area (Å²) in [7, 11) is 1.49. The van der Waals surface area contributed by atoms with Crippen molar-refractivity contribution in [2.24, 2.45) is 0 Å². The van der Waals surface area contributed by atoms with Gasteiger partial charge >= 0.3 is 6.09 Å². The number of carbonyl (C=O) groups is 2. The average molecular weight is 501 g/mol. The molecule has 0 bridgehead atoms. The van der Waals surface area contributed by atoms with Gasteiger partial charge in [-0.1, -0.05) is 24.3 Å². The Morgan fingerprint density at radius 1 is 1.33 bits per heavy atom. The molecule has 1 aliphatic rings. The molecule has 2 aromatic carbocycles. The van der Waals surface area contributed by atoms with Crippen LogP contribution in [0.3, 0.4) is 0 Å². The third-order valence-corrected chi connectivity index (χ3v) is 6.26. The summed E-state index contributed by atoms with van der Waals surface area (Å²) in [5.74, 6) is -3.42. The van der Waals surface area contributed by atoms with Crippen LogP contribution in [0.1, 0.15) is 46.4 Å². The highest BCUT2D eigenvalue weighted by atomic mass is 19.3. The zero-order valence-electron chi connectivity index (χ0n) is 19.7. The van der Waals surface area contributed by atoms with Gasteiger partial charge < -0.3 is 25.2 Å². The number of nitrogens with one attached hydrogen (secondary N) is 2. The zero-order valence-corrected chi connectivity index (χ0v) is 19.7. The highest BCUT2D eigenvalue weighted by Gasteiger charge is 2.31. The molecule has 0 unspecified atom stereocenters. The maximum absolute atomic E-state index is 14.0. The quantitative estimate of drug-likeness (QED) is 0.390. The lowest BCUT2D eigenvalue weighted by Gasteiger charge is -2.26. The number of aliphatic hydroxyl groups is 1. The molecule has 1 atom stereocenters. The molecule has 9 nitrogen and oxygen atoms in total. The van der Waals surface area contributed by atoms with Crippen molar-refractivity contribution < 1.29 is 33.3 Å². The normalized spacial score (nSPS) is 14.9. The Hall–Kier alpha value is -3.99. The number of carbonyl (C=O) groups excluding carboxylic acids is 1. The van der Waals surface area contributed by atoms with Crippen molar-refractivity contribution in [3.05, 3.63) is 64.9 Å². The molecular weight excluding hydrogens is 474 g/mol. The van der Waals surface area contributed by atoms with Gasteiger partial charge in [-0.3, -0.25) is 9.89 Å². The highest BCUT2D eigenvalue weighted by molar-refractivity contribution is 6.09. The molecule has 2 heterocycles. The van der Waals surface area contributed by atoms with E-state index in [1.165, 1.54) is 36.4 Å². The van der Waals surface area contributed by atoms with Gasteiger partial charge in [0.05, 0.1) is 35.8 Å². The molecule has 0 radical (unpaired) electrons. The van der Waals surface area contributed by atoms with Crippen LogP contribution in [0.15, 0.2) is 42.6 Å². The van der Waals surface area contributed by atoms with E-state index in [2.05, 4.69) is 15.5 Å². The number of rotatable bonds is 7. The predicted octanol–water partition coefficient (Wildman–Crippen LogP) is 3.91. The van der Waals surface area contributed by atoms with Crippen LogP contribution in [0.25, 0.3) is 16.5 Å². The molecule has 4 N–H and O–H groups in total. The van der Waals surface area contributed by atoms with Crippen LogP contribution in [-0.2, 0) is 5.92 Å². The SMILES string of the molecule is COc1c(C2=CCCN(C(=O)O)C2)cc(C(=O)N[C@H](C)c2cccc(C(F)(F)CO)c2)c2[nH]ncc12. The predicted molar refractivity (Wildman–Crippen MR) is 128 cm³/mol. The van der Waals surface area contributed by atoms with E-state index in [0.717, 1.165) is 0 Å². The van der Waals surface area contributed by atoms with Crippen LogP contribution in [0, 0.1) is 0 Å². The van der Waals surface area contributed by atoms with Crippen molar-refractivity contribution >= 4 is 28.5 Å². The average Bonchev–Trinajstić information content (AvgIpc) is 3.37. The van der Waals surface area contributed by atoms with E-state index in [1.807, 2.05) is 6.08 Å². The Bertz CT molecular complexity index is 1340. The number of ether oxygens (including phenoxy) is 1. The fourth-order valence-electron chi connectivity index (χ4n) is 4.32. The minimum Gasteiger partial charge on any atom is -0.495 e. The van der Waals surface area contributed by atoms with Gasteiger partial charge in [-0.05, 0) is 36.6 Å². The molecule has 0 aliphatic carbocycles. The third-order valence-electron chi connectivity index (χ3n) is 6.26. The molecule has 36 heavy (non-hydrogen) atoms. The second kappa shape index (κ2) is 9.94. The number of halogens is 2. The number of hydrogen-bond donors (Lipinski definition) is 4. The molecule has 0 saturated carbocycles. The summed E-state index contributed by atoms with van der Waals surface area (Å²) in [5.41, 5.74) is 2.03. The number of hydrogen-bond acceptors (Lipinski definition) is 5. The largest absolute Gasteiger partial charge is 0.495 e. The number of amides is 2. The van der Waals surface area contributed by atoms with Gasteiger partial charge in [-0.15, -0.1) is 0 Å². The van der Waals surface area contributed by atoms with Gasteiger partial charge in [0.25, 0.3) is 11.8 Å². The molecule has 11 heteroatoms. The number of methoxy groups -OCH3 is 1. The molecule has 0 saturated heterocycles. The minimum absolute atomic E-state index is 0.137. The number of carboxylic acid groups (broad SMARTS) is 1. The molecule has 0 spiro atoms. The lowest BCUT2D eigenvalue weighted by atomic mass is 9.95. The van der Waals surface area contributed by atoms with Crippen LogP contribution < -0.4 is 10.1 Å². The van der Waals surface area contributed by atoms with E-state index in [9.17, 15) is 23.5 Å². The number of aromatic amines is 1. The summed E-state index contributed by atoms with van der Waals surface area (Å²) in [4.78, 5) is 26.2. The Kier molecular flexibility index (Phi) is 6.93. The summed E-state index contributed by atoms with van der Waals surface area (Å²) < 4.78 is 33.5. The van der Waals surface area contributed by atoms with Gasteiger partial charge in [-0.25, -0.2) is 4.79 Å². The van der Waals surface area contributed by atoms with Crippen molar-refractivity contribution in [1.82, 2.24) is 20.4 Å². The molecule has 1 aromatic heterocycles. The van der Waals surface area contributed by atoms with E-state index in [1.54, 1.807) is 19.1 Å². The fraction of sp³-hybridized carbons (Fsp3) is 0.320. The monoisotopic (exact) mass is 500 g/mol. The molecule has 0 fully saturated rings. The van der Waals surface area contributed by atoms with Crippen LogP contribution >= 0.6 is 0 Å². The number of alkyl halides is 2. The number of nitrogens with zero attached hydrogens (tertiary/aromatic N) is 2. The Labute approximate surface area is 205 Å². The second-order valence-electron chi connectivity index (χ2n) is 8.57. The molecular formula is C25H26F2N4O5. The van der Waals surface area contributed by atoms with Crippen molar-refractivity contribution in [2.45, 2.75) is 25.3 Å². The van der Waals surface area contributed by atoms with Gasteiger partial charge in [0.2, 0.25) is 0 Å². The summed E-state index contributed by atoms with van der Waals surface area (Å²) >= 11 is 0. The molecule has 3 aromatic rings. The smallest absolute Gasteiger partial charge is 0.407 e. The van der Waals surface area contributed by atoms with Gasteiger partial charge in [0.1, 0.15) is 12.4 Å².